The van der Waals surface area contributed by atoms with Crippen LogP contribution in [-0.2, 0) is 4.79 Å². The Morgan fingerprint density at radius 2 is 2.06 bits per heavy atom. The molecule has 0 heterocycles. The zero-order chi connectivity index (χ0) is 13.5. The second-order valence-corrected chi connectivity index (χ2v) is 4.35. The number of amides is 1. The van der Waals surface area contributed by atoms with E-state index in [0.29, 0.717) is 18.7 Å². The van der Waals surface area contributed by atoms with E-state index in [1.165, 1.54) is 6.07 Å². The van der Waals surface area contributed by atoms with Gasteiger partial charge in [0.2, 0.25) is 5.91 Å². The van der Waals surface area contributed by atoms with Gasteiger partial charge < -0.3 is 16.8 Å². The van der Waals surface area contributed by atoms with Gasteiger partial charge in [-0.3, -0.25) is 4.79 Å². The summed E-state index contributed by atoms with van der Waals surface area (Å²) in [6.07, 6.45) is 1.88. The van der Waals surface area contributed by atoms with Gasteiger partial charge in [0.05, 0.1) is 0 Å². The molecule has 1 aromatic carbocycles. The normalized spacial score (nSPS) is 10.1. The van der Waals surface area contributed by atoms with E-state index >= 15 is 0 Å². The quantitative estimate of drug-likeness (QED) is 0.518. The monoisotopic (exact) mass is 269 g/mol. The minimum atomic E-state index is -0.440. The van der Waals surface area contributed by atoms with Gasteiger partial charge in [0, 0.05) is 24.2 Å². The molecule has 1 rings (SSSR count). The number of benzene rings is 1. The van der Waals surface area contributed by atoms with E-state index in [2.05, 4.69) is 5.32 Å². The van der Waals surface area contributed by atoms with Crippen LogP contribution in [0.5, 0.6) is 0 Å². The van der Waals surface area contributed by atoms with Gasteiger partial charge in [0.25, 0.3) is 0 Å². The summed E-state index contributed by atoms with van der Waals surface area (Å²) in [6, 6.07) is 4.61. The molecule has 0 bridgehead atoms. The van der Waals surface area contributed by atoms with Crippen molar-refractivity contribution >= 4 is 28.8 Å². The Morgan fingerprint density at radius 3 is 2.61 bits per heavy atom. The third-order valence-corrected chi connectivity index (χ3v) is 2.63. The summed E-state index contributed by atoms with van der Waals surface area (Å²) in [6.45, 7) is 0.652. The SMILES string of the molecule is NC(=O)CCCCNc1ccc(C(N)=S)c(F)c1. The molecule has 6 heteroatoms. The zero-order valence-corrected chi connectivity index (χ0v) is 10.7. The van der Waals surface area contributed by atoms with Gasteiger partial charge >= 0.3 is 0 Å². The first-order chi connectivity index (χ1) is 8.50. The molecule has 18 heavy (non-hydrogen) atoms. The van der Waals surface area contributed by atoms with Crippen LogP contribution in [0.3, 0.4) is 0 Å². The first-order valence-electron chi connectivity index (χ1n) is 5.62. The second-order valence-electron chi connectivity index (χ2n) is 3.91. The van der Waals surface area contributed by atoms with Crippen LogP contribution < -0.4 is 16.8 Å². The molecule has 1 aromatic rings. The minimum absolute atomic E-state index is 0.0421. The lowest BCUT2D eigenvalue weighted by atomic mass is 10.2. The largest absolute Gasteiger partial charge is 0.389 e. The maximum absolute atomic E-state index is 13.5. The highest BCUT2D eigenvalue weighted by atomic mass is 32.1. The molecule has 0 saturated heterocycles. The van der Waals surface area contributed by atoms with Crippen molar-refractivity contribution in [1.29, 1.82) is 0 Å². The van der Waals surface area contributed by atoms with Crippen molar-refractivity contribution in [1.82, 2.24) is 0 Å². The molecule has 0 fully saturated rings. The smallest absolute Gasteiger partial charge is 0.217 e. The van der Waals surface area contributed by atoms with Crippen LogP contribution in [0.4, 0.5) is 10.1 Å². The molecule has 0 spiro atoms. The molecule has 0 aromatic heterocycles. The van der Waals surface area contributed by atoms with Crippen LogP contribution in [0.1, 0.15) is 24.8 Å². The molecule has 0 aliphatic rings. The predicted octanol–water partition coefficient (Wildman–Crippen LogP) is 1.53. The number of halogens is 1. The zero-order valence-electron chi connectivity index (χ0n) is 9.91. The Hall–Kier alpha value is -1.69. The molecule has 0 unspecified atom stereocenters. The molecule has 98 valence electrons. The lowest BCUT2D eigenvalue weighted by Gasteiger charge is -2.08. The predicted molar refractivity (Wildman–Crippen MR) is 73.8 cm³/mol. The lowest BCUT2D eigenvalue weighted by Crippen LogP contribution is -2.12. The number of rotatable bonds is 7. The highest BCUT2D eigenvalue weighted by Crippen LogP contribution is 2.14. The summed E-state index contributed by atoms with van der Waals surface area (Å²) in [5.41, 5.74) is 11.3. The van der Waals surface area contributed by atoms with Gasteiger partial charge in [-0.15, -0.1) is 0 Å². The third-order valence-electron chi connectivity index (χ3n) is 2.41. The van der Waals surface area contributed by atoms with Crippen molar-refractivity contribution < 1.29 is 9.18 Å². The lowest BCUT2D eigenvalue weighted by molar-refractivity contribution is -0.118. The number of unbranched alkanes of at least 4 members (excludes halogenated alkanes) is 1. The standard InChI is InChI=1S/C12H16FN3OS/c13-10-7-8(4-5-9(10)12(15)18)16-6-2-1-3-11(14)17/h4-5,7,16H,1-3,6H2,(H2,14,17)(H2,15,18). The average Bonchev–Trinajstić information content (AvgIpc) is 2.27. The number of nitrogens with two attached hydrogens (primary N) is 2. The Kier molecular flexibility index (Phi) is 5.51. The van der Waals surface area contributed by atoms with Crippen LogP contribution in [0, 0.1) is 5.82 Å². The molecule has 5 N–H and O–H groups in total. The Balaban J connectivity index is 2.42. The number of hydrogen-bond donors (Lipinski definition) is 3. The topological polar surface area (TPSA) is 81.1 Å². The fourth-order valence-electron chi connectivity index (χ4n) is 1.48. The molecule has 4 nitrogen and oxygen atoms in total. The summed E-state index contributed by atoms with van der Waals surface area (Å²) >= 11 is 4.71. The van der Waals surface area contributed by atoms with Gasteiger partial charge in [-0.1, -0.05) is 12.2 Å². The van der Waals surface area contributed by atoms with Gasteiger partial charge in [-0.05, 0) is 31.0 Å². The minimum Gasteiger partial charge on any atom is -0.389 e. The van der Waals surface area contributed by atoms with E-state index in [-0.39, 0.29) is 16.5 Å². The van der Waals surface area contributed by atoms with Crippen LogP contribution in [-0.4, -0.2) is 17.4 Å². The summed E-state index contributed by atoms with van der Waals surface area (Å²) < 4.78 is 13.5. The molecular formula is C12H16FN3OS. The van der Waals surface area contributed by atoms with Crippen molar-refractivity contribution in [2.45, 2.75) is 19.3 Å². The van der Waals surface area contributed by atoms with E-state index in [0.717, 1.165) is 12.8 Å². The van der Waals surface area contributed by atoms with Crippen LogP contribution in [0.25, 0.3) is 0 Å². The van der Waals surface area contributed by atoms with Crippen molar-refractivity contribution in [3.63, 3.8) is 0 Å². The number of carbonyl (C=O) groups is 1. The Labute approximate surface area is 111 Å². The summed E-state index contributed by atoms with van der Waals surface area (Å²) in [5.74, 6) is -0.744. The molecule has 0 atom stereocenters. The van der Waals surface area contributed by atoms with Crippen molar-refractivity contribution in [2.75, 3.05) is 11.9 Å². The molecule has 0 saturated carbocycles. The third kappa shape index (κ3) is 4.67. The Bertz CT molecular complexity index is 451. The fourth-order valence-corrected chi connectivity index (χ4v) is 1.65. The summed E-state index contributed by atoms with van der Waals surface area (Å²) in [4.78, 5) is 10.5. The highest BCUT2D eigenvalue weighted by Gasteiger charge is 2.05. The number of carbonyl (C=O) groups excluding carboxylic acids is 1. The van der Waals surface area contributed by atoms with Gasteiger partial charge in [-0.25, -0.2) is 4.39 Å². The highest BCUT2D eigenvalue weighted by molar-refractivity contribution is 7.80. The molecule has 0 radical (unpaired) electrons. The first kappa shape index (κ1) is 14.4. The van der Waals surface area contributed by atoms with E-state index in [4.69, 9.17) is 23.7 Å². The Morgan fingerprint density at radius 1 is 1.33 bits per heavy atom. The van der Waals surface area contributed by atoms with E-state index < -0.39 is 5.82 Å². The molecular weight excluding hydrogens is 253 g/mol. The van der Waals surface area contributed by atoms with Crippen molar-refractivity contribution in [2.24, 2.45) is 11.5 Å². The molecule has 0 aliphatic carbocycles. The number of anilines is 1. The summed E-state index contributed by atoms with van der Waals surface area (Å²) in [5, 5.41) is 3.05. The van der Waals surface area contributed by atoms with E-state index in [1.807, 2.05) is 0 Å². The summed E-state index contributed by atoms with van der Waals surface area (Å²) in [7, 11) is 0. The van der Waals surface area contributed by atoms with Gasteiger partial charge in [0.15, 0.2) is 0 Å². The first-order valence-corrected chi connectivity index (χ1v) is 6.03. The number of primary amides is 1. The van der Waals surface area contributed by atoms with Crippen LogP contribution in [0.2, 0.25) is 0 Å². The maximum Gasteiger partial charge on any atom is 0.217 e. The molecule has 0 aliphatic heterocycles. The van der Waals surface area contributed by atoms with Crippen LogP contribution >= 0.6 is 12.2 Å². The van der Waals surface area contributed by atoms with Crippen molar-refractivity contribution in [3.8, 4) is 0 Å². The maximum atomic E-state index is 13.5. The molecule has 1 amide bonds. The fraction of sp³-hybridized carbons (Fsp3) is 0.333. The van der Waals surface area contributed by atoms with Crippen LogP contribution in [0.15, 0.2) is 18.2 Å². The van der Waals surface area contributed by atoms with Crippen molar-refractivity contribution in [3.05, 3.63) is 29.6 Å². The number of hydrogen-bond acceptors (Lipinski definition) is 3. The average molecular weight is 269 g/mol. The van der Waals surface area contributed by atoms with Gasteiger partial charge in [0.1, 0.15) is 10.8 Å². The van der Waals surface area contributed by atoms with E-state index in [1.54, 1.807) is 12.1 Å². The van der Waals surface area contributed by atoms with Gasteiger partial charge in [-0.2, -0.15) is 0 Å². The number of nitrogens with one attached hydrogen (secondary N) is 1. The second kappa shape index (κ2) is 6.90. The number of thiocarbonyl (C=S) groups is 1. The van der Waals surface area contributed by atoms with E-state index in [9.17, 15) is 9.18 Å².